The summed E-state index contributed by atoms with van der Waals surface area (Å²) >= 11 is 0. The van der Waals surface area contributed by atoms with Gasteiger partial charge in [0.15, 0.2) is 0 Å². The molecule has 1 aliphatic rings. The van der Waals surface area contributed by atoms with E-state index in [1.165, 1.54) is 6.26 Å². The van der Waals surface area contributed by atoms with E-state index in [0.717, 1.165) is 27.8 Å². The Morgan fingerprint density at radius 2 is 1.69 bits per heavy atom. The van der Waals surface area contributed by atoms with E-state index in [9.17, 15) is 14.7 Å². The first-order valence-electron chi connectivity index (χ1n) is 9.42. The van der Waals surface area contributed by atoms with Crippen molar-refractivity contribution in [2.24, 2.45) is 0 Å². The number of furan rings is 1. The molecule has 0 saturated carbocycles. The molecule has 0 radical (unpaired) electrons. The number of fused-ring (bicyclic) bond motifs is 3. The number of hydrogen-bond donors (Lipinski definition) is 2. The van der Waals surface area contributed by atoms with Crippen molar-refractivity contribution in [3.63, 3.8) is 0 Å². The smallest absolute Gasteiger partial charge is 0.407 e. The number of nitrogens with one attached hydrogen (secondary N) is 1. The van der Waals surface area contributed by atoms with Crippen LogP contribution in [-0.4, -0.2) is 23.8 Å². The van der Waals surface area contributed by atoms with E-state index in [-0.39, 0.29) is 18.9 Å². The molecule has 2 aromatic carbocycles. The van der Waals surface area contributed by atoms with Crippen LogP contribution in [0.1, 0.15) is 40.8 Å². The Balaban J connectivity index is 1.48. The monoisotopic (exact) mass is 391 g/mol. The Bertz CT molecular complexity index is 1010. The molecular formula is C23H21NO5. The molecule has 1 heterocycles. The van der Waals surface area contributed by atoms with Crippen LogP contribution >= 0.6 is 0 Å². The second-order valence-electron chi connectivity index (χ2n) is 7.09. The number of carbonyl (C=O) groups is 2. The third-order valence-electron chi connectivity index (χ3n) is 5.23. The largest absolute Gasteiger partial charge is 0.481 e. The Morgan fingerprint density at radius 3 is 2.24 bits per heavy atom. The highest BCUT2D eigenvalue weighted by molar-refractivity contribution is 5.79. The van der Waals surface area contributed by atoms with Crippen LogP contribution in [0.2, 0.25) is 0 Å². The first-order valence-corrected chi connectivity index (χ1v) is 9.42. The Hall–Kier alpha value is -3.54. The zero-order valence-corrected chi connectivity index (χ0v) is 15.9. The standard InChI is InChI=1S/C23H21NO5/c1-14-10-11-28-22(14)20(12-21(25)26)24-23(27)29-13-19-17-8-4-2-6-15(17)16-7-3-5-9-18(16)19/h2-11,19-20H,12-13H2,1H3,(H,24,27)(H,25,26). The van der Waals surface area contributed by atoms with Crippen molar-refractivity contribution >= 4 is 12.1 Å². The normalized spacial score (nSPS) is 13.4. The number of aryl methyl sites for hydroxylation is 1. The molecule has 1 aromatic heterocycles. The molecular weight excluding hydrogens is 370 g/mol. The number of rotatable bonds is 6. The maximum absolute atomic E-state index is 12.5. The van der Waals surface area contributed by atoms with Gasteiger partial charge in [0.2, 0.25) is 0 Å². The minimum absolute atomic E-state index is 0.0589. The van der Waals surface area contributed by atoms with E-state index >= 15 is 0 Å². The summed E-state index contributed by atoms with van der Waals surface area (Å²) in [5.41, 5.74) is 5.30. The summed E-state index contributed by atoms with van der Waals surface area (Å²) < 4.78 is 10.9. The van der Waals surface area contributed by atoms with Crippen LogP contribution in [0.4, 0.5) is 4.79 Å². The van der Waals surface area contributed by atoms with Gasteiger partial charge in [0.25, 0.3) is 0 Å². The average Bonchev–Trinajstić information content (AvgIpc) is 3.27. The summed E-state index contributed by atoms with van der Waals surface area (Å²) in [6, 6.07) is 17.1. The summed E-state index contributed by atoms with van der Waals surface area (Å²) in [5.74, 6) is -0.679. The van der Waals surface area contributed by atoms with Crippen molar-refractivity contribution in [2.75, 3.05) is 6.61 Å². The number of ether oxygens (including phenoxy) is 1. The van der Waals surface area contributed by atoms with Gasteiger partial charge in [0, 0.05) is 5.92 Å². The van der Waals surface area contributed by atoms with E-state index in [0.29, 0.717) is 5.76 Å². The van der Waals surface area contributed by atoms with E-state index in [4.69, 9.17) is 9.15 Å². The van der Waals surface area contributed by atoms with Gasteiger partial charge in [-0.05, 0) is 40.8 Å². The quantitative estimate of drug-likeness (QED) is 0.639. The van der Waals surface area contributed by atoms with Gasteiger partial charge in [-0.25, -0.2) is 4.79 Å². The second-order valence-corrected chi connectivity index (χ2v) is 7.09. The summed E-state index contributed by atoms with van der Waals surface area (Å²) in [6.07, 6.45) is 0.506. The zero-order valence-electron chi connectivity index (χ0n) is 15.9. The molecule has 0 fully saturated rings. The zero-order chi connectivity index (χ0) is 20.4. The molecule has 29 heavy (non-hydrogen) atoms. The minimum atomic E-state index is -1.04. The summed E-state index contributed by atoms with van der Waals surface area (Å²) in [5, 5.41) is 11.8. The number of amides is 1. The van der Waals surface area contributed by atoms with Crippen LogP contribution in [0.15, 0.2) is 65.3 Å². The van der Waals surface area contributed by atoms with Gasteiger partial charge < -0.3 is 19.6 Å². The lowest BCUT2D eigenvalue weighted by Crippen LogP contribution is -2.31. The highest BCUT2D eigenvalue weighted by atomic mass is 16.5. The van der Waals surface area contributed by atoms with Crippen LogP contribution in [-0.2, 0) is 9.53 Å². The van der Waals surface area contributed by atoms with Crippen LogP contribution in [0.25, 0.3) is 11.1 Å². The van der Waals surface area contributed by atoms with E-state index in [1.807, 2.05) is 36.4 Å². The molecule has 0 saturated heterocycles. The molecule has 0 spiro atoms. The SMILES string of the molecule is Cc1ccoc1C(CC(=O)O)NC(=O)OCC1c2ccccc2-c2ccccc21. The molecule has 1 amide bonds. The number of hydrogen-bond acceptors (Lipinski definition) is 4. The number of alkyl carbamates (subject to hydrolysis) is 1. The molecule has 6 heteroatoms. The van der Waals surface area contributed by atoms with Gasteiger partial charge in [-0.3, -0.25) is 4.79 Å². The maximum Gasteiger partial charge on any atom is 0.407 e. The van der Waals surface area contributed by atoms with Crippen LogP contribution < -0.4 is 5.32 Å². The molecule has 0 bridgehead atoms. The molecule has 3 aromatic rings. The molecule has 2 N–H and O–H groups in total. The third kappa shape index (κ3) is 3.74. The lowest BCUT2D eigenvalue weighted by atomic mass is 9.98. The Morgan fingerprint density at radius 1 is 1.07 bits per heavy atom. The summed E-state index contributed by atoms with van der Waals surface area (Å²) in [4.78, 5) is 23.7. The fraction of sp³-hybridized carbons (Fsp3) is 0.217. The van der Waals surface area contributed by atoms with Crippen LogP contribution in [0.3, 0.4) is 0 Å². The number of aliphatic carboxylic acids is 1. The van der Waals surface area contributed by atoms with E-state index in [1.54, 1.807) is 13.0 Å². The van der Waals surface area contributed by atoms with Crippen molar-refractivity contribution in [3.05, 3.63) is 83.3 Å². The number of carboxylic acid groups (broad SMARTS) is 1. The predicted molar refractivity (Wildman–Crippen MR) is 107 cm³/mol. The van der Waals surface area contributed by atoms with Crippen LogP contribution in [0, 0.1) is 6.92 Å². The van der Waals surface area contributed by atoms with Gasteiger partial charge in [-0.2, -0.15) is 0 Å². The van der Waals surface area contributed by atoms with Crippen molar-refractivity contribution < 1.29 is 23.8 Å². The molecule has 0 aliphatic heterocycles. The van der Waals surface area contributed by atoms with E-state index < -0.39 is 18.1 Å². The van der Waals surface area contributed by atoms with Gasteiger partial charge in [-0.15, -0.1) is 0 Å². The second kappa shape index (κ2) is 7.83. The molecule has 6 nitrogen and oxygen atoms in total. The number of benzene rings is 2. The number of carbonyl (C=O) groups excluding carboxylic acids is 1. The Kier molecular flexibility index (Phi) is 5.08. The topological polar surface area (TPSA) is 88.8 Å². The minimum Gasteiger partial charge on any atom is -0.481 e. The highest BCUT2D eigenvalue weighted by Crippen LogP contribution is 2.44. The first kappa shape index (κ1) is 18.8. The van der Waals surface area contributed by atoms with Crippen molar-refractivity contribution in [2.45, 2.75) is 25.3 Å². The van der Waals surface area contributed by atoms with Gasteiger partial charge in [-0.1, -0.05) is 48.5 Å². The van der Waals surface area contributed by atoms with Crippen LogP contribution in [0.5, 0.6) is 0 Å². The highest BCUT2D eigenvalue weighted by Gasteiger charge is 2.30. The lowest BCUT2D eigenvalue weighted by molar-refractivity contribution is -0.137. The molecule has 1 unspecified atom stereocenters. The molecule has 4 rings (SSSR count). The lowest BCUT2D eigenvalue weighted by Gasteiger charge is -2.18. The van der Waals surface area contributed by atoms with E-state index in [2.05, 4.69) is 17.4 Å². The molecule has 1 atom stereocenters. The summed E-state index contributed by atoms with van der Waals surface area (Å²) in [7, 11) is 0. The van der Waals surface area contributed by atoms with Crippen molar-refractivity contribution in [3.8, 4) is 11.1 Å². The first-order chi connectivity index (χ1) is 14.0. The Labute approximate surface area is 168 Å². The summed E-state index contributed by atoms with van der Waals surface area (Å²) in [6.45, 7) is 1.96. The van der Waals surface area contributed by atoms with Crippen molar-refractivity contribution in [1.82, 2.24) is 5.32 Å². The third-order valence-corrected chi connectivity index (χ3v) is 5.23. The van der Waals surface area contributed by atoms with Gasteiger partial charge in [0.05, 0.1) is 12.7 Å². The maximum atomic E-state index is 12.5. The molecule has 148 valence electrons. The average molecular weight is 391 g/mol. The van der Waals surface area contributed by atoms with Gasteiger partial charge in [0.1, 0.15) is 18.4 Å². The molecule has 1 aliphatic carbocycles. The fourth-order valence-corrected chi connectivity index (χ4v) is 3.91. The van der Waals surface area contributed by atoms with Crippen molar-refractivity contribution in [1.29, 1.82) is 0 Å². The number of carboxylic acids is 1. The fourth-order valence-electron chi connectivity index (χ4n) is 3.91. The predicted octanol–water partition coefficient (Wildman–Crippen LogP) is 4.64. The van der Waals surface area contributed by atoms with Gasteiger partial charge >= 0.3 is 12.1 Å².